The summed E-state index contributed by atoms with van der Waals surface area (Å²) in [6.45, 7) is 4.12. The number of hydrogen-bond acceptors (Lipinski definition) is 2. The van der Waals surface area contributed by atoms with Crippen LogP contribution in [-0.4, -0.2) is 11.7 Å². The van der Waals surface area contributed by atoms with E-state index in [1.54, 1.807) is 6.92 Å². The van der Waals surface area contributed by atoms with Gasteiger partial charge in [-0.25, -0.2) is 0 Å². The van der Waals surface area contributed by atoms with Crippen LogP contribution in [0.1, 0.15) is 25.5 Å². The van der Waals surface area contributed by atoms with E-state index in [0.717, 1.165) is 16.9 Å². The van der Waals surface area contributed by atoms with E-state index in [2.05, 4.69) is 0 Å². The molecule has 0 amide bonds. The van der Waals surface area contributed by atoms with E-state index in [-0.39, 0.29) is 0 Å². The normalized spacial score (nSPS) is 13.7. The van der Waals surface area contributed by atoms with Crippen molar-refractivity contribution < 1.29 is 9.84 Å². The molecule has 0 spiro atoms. The summed E-state index contributed by atoms with van der Waals surface area (Å²) in [7, 11) is 0. The maximum atomic E-state index is 9.30. The van der Waals surface area contributed by atoms with Crippen molar-refractivity contribution in [1.29, 1.82) is 0 Å². The van der Waals surface area contributed by atoms with Crippen LogP contribution in [0, 0.1) is 0 Å². The maximum Gasteiger partial charge on any atom is 0.119 e. The van der Waals surface area contributed by atoms with Gasteiger partial charge in [-0.05, 0) is 37.1 Å². The van der Waals surface area contributed by atoms with Crippen LogP contribution in [-0.2, 0) is 0 Å². The third-order valence-corrected chi connectivity index (χ3v) is 2.39. The summed E-state index contributed by atoms with van der Waals surface area (Å²) >= 11 is 5.51. The van der Waals surface area contributed by atoms with Gasteiger partial charge in [0.25, 0.3) is 0 Å². The standard InChI is InChI=1S/C12H15ClO2/c1-9(7-13)8-15-12-5-3-11(4-6-12)10(2)14/h3-7,10,14H,8H2,1-2H3/b9-7+/t10-/m1/s1. The van der Waals surface area contributed by atoms with Gasteiger partial charge in [0.15, 0.2) is 0 Å². The molecule has 0 aliphatic heterocycles. The fourth-order valence-corrected chi connectivity index (χ4v) is 1.13. The van der Waals surface area contributed by atoms with Gasteiger partial charge in [0.1, 0.15) is 12.4 Å². The minimum Gasteiger partial charge on any atom is -0.489 e. The van der Waals surface area contributed by atoms with Gasteiger partial charge in [0.05, 0.1) is 6.10 Å². The summed E-state index contributed by atoms with van der Waals surface area (Å²) in [6, 6.07) is 7.37. The summed E-state index contributed by atoms with van der Waals surface area (Å²) in [5.41, 5.74) is 3.35. The molecule has 1 rings (SSSR count). The highest BCUT2D eigenvalue weighted by Gasteiger charge is 2.00. The molecule has 0 unspecified atom stereocenters. The van der Waals surface area contributed by atoms with Gasteiger partial charge in [0, 0.05) is 5.54 Å². The highest BCUT2D eigenvalue weighted by Crippen LogP contribution is 2.17. The van der Waals surface area contributed by atoms with Crippen LogP contribution >= 0.6 is 11.6 Å². The summed E-state index contributed by atoms with van der Waals surface area (Å²) in [5.74, 6) is 0.775. The molecule has 0 heterocycles. The molecule has 0 aliphatic rings. The Hall–Kier alpha value is -0.990. The molecule has 0 radical (unpaired) electrons. The Kier molecular flexibility index (Phi) is 4.66. The summed E-state index contributed by atoms with van der Waals surface area (Å²) in [6.07, 6.45) is -0.441. The van der Waals surface area contributed by atoms with Gasteiger partial charge in [-0.15, -0.1) is 0 Å². The zero-order valence-corrected chi connectivity index (χ0v) is 9.66. The second kappa shape index (κ2) is 5.79. The molecule has 0 saturated heterocycles. The Balaban J connectivity index is 2.57. The number of ether oxygens (including phenoxy) is 1. The van der Waals surface area contributed by atoms with Crippen LogP contribution in [0.4, 0.5) is 0 Å². The molecular formula is C12H15ClO2. The molecule has 1 aromatic carbocycles. The number of hydrogen-bond donors (Lipinski definition) is 1. The molecule has 82 valence electrons. The van der Waals surface area contributed by atoms with Crippen molar-refractivity contribution in [3.8, 4) is 5.75 Å². The molecular weight excluding hydrogens is 212 g/mol. The van der Waals surface area contributed by atoms with Crippen molar-refractivity contribution in [2.24, 2.45) is 0 Å². The number of benzene rings is 1. The molecule has 0 aliphatic carbocycles. The topological polar surface area (TPSA) is 29.5 Å². The third-order valence-electron chi connectivity index (χ3n) is 2.02. The fraction of sp³-hybridized carbons (Fsp3) is 0.333. The Morgan fingerprint density at radius 2 is 2.07 bits per heavy atom. The van der Waals surface area contributed by atoms with E-state index >= 15 is 0 Å². The summed E-state index contributed by atoms with van der Waals surface area (Å²) in [5, 5.41) is 9.30. The molecule has 0 bridgehead atoms. The SMILES string of the molecule is C/C(=C\Cl)COc1ccc([C@@H](C)O)cc1. The number of rotatable bonds is 4. The van der Waals surface area contributed by atoms with Crippen LogP contribution < -0.4 is 4.74 Å². The lowest BCUT2D eigenvalue weighted by molar-refractivity contribution is 0.199. The van der Waals surface area contributed by atoms with Crippen molar-refractivity contribution in [2.45, 2.75) is 20.0 Å². The van der Waals surface area contributed by atoms with Crippen LogP contribution in [0.3, 0.4) is 0 Å². The largest absolute Gasteiger partial charge is 0.489 e. The first-order valence-corrected chi connectivity index (χ1v) is 5.24. The number of aliphatic hydroxyl groups is 1. The Morgan fingerprint density at radius 1 is 1.47 bits per heavy atom. The first kappa shape index (κ1) is 12.1. The minimum absolute atomic E-state index is 0.441. The van der Waals surface area contributed by atoms with Crippen molar-refractivity contribution in [3.63, 3.8) is 0 Å². The van der Waals surface area contributed by atoms with Gasteiger partial charge < -0.3 is 9.84 Å². The molecule has 0 fully saturated rings. The van der Waals surface area contributed by atoms with Crippen LogP contribution in [0.25, 0.3) is 0 Å². The van der Waals surface area contributed by atoms with Crippen LogP contribution in [0.5, 0.6) is 5.75 Å². The number of aliphatic hydroxyl groups excluding tert-OH is 1. The van der Waals surface area contributed by atoms with E-state index < -0.39 is 6.10 Å². The minimum atomic E-state index is -0.441. The average Bonchev–Trinajstić information content (AvgIpc) is 2.26. The Bertz CT molecular complexity index is 328. The van der Waals surface area contributed by atoms with Crippen LogP contribution in [0.2, 0.25) is 0 Å². The fourth-order valence-electron chi connectivity index (χ4n) is 1.07. The Labute approximate surface area is 95.1 Å². The molecule has 0 saturated carbocycles. The smallest absolute Gasteiger partial charge is 0.119 e. The molecule has 0 aromatic heterocycles. The molecule has 1 N–H and O–H groups in total. The molecule has 15 heavy (non-hydrogen) atoms. The first-order chi connectivity index (χ1) is 7.13. The highest BCUT2D eigenvalue weighted by molar-refractivity contribution is 6.25. The first-order valence-electron chi connectivity index (χ1n) is 4.80. The molecule has 1 atom stereocenters. The Morgan fingerprint density at radius 3 is 2.53 bits per heavy atom. The summed E-state index contributed by atoms with van der Waals surface area (Å²) in [4.78, 5) is 0. The van der Waals surface area contributed by atoms with Gasteiger partial charge in [-0.1, -0.05) is 23.7 Å². The zero-order chi connectivity index (χ0) is 11.3. The lowest BCUT2D eigenvalue weighted by Crippen LogP contribution is -1.98. The number of halogens is 1. The van der Waals surface area contributed by atoms with Crippen molar-refractivity contribution in [1.82, 2.24) is 0 Å². The van der Waals surface area contributed by atoms with Gasteiger partial charge >= 0.3 is 0 Å². The van der Waals surface area contributed by atoms with Crippen molar-refractivity contribution in [2.75, 3.05) is 6.61 Å². The molecule has 1 aromatic rings. The van der Waals surface area contributed by atoms with Crippen molar-refractivity contribution >= 4 is 11.6 Å². The van der Waals surface area contributed by atoms with E-state index in [1.807, 2.05) is 31.2 Å². The lowest BCUT2D eigenvalue weighted by atomic mass is 10.1. The lowest BCUT2D eigenvalue weighted by Gasteiger charge is -2.08. The quantitative estimate of drug-likeness (QED) is 0.854. The van der Waals surface area contributed by atoms with Crippen molar-refractivity contribution in [3.05, 3.63) is 40.9 Å². The van der Waals surface area contributed by atoms with Crippen LogP contribution in [0.15, 0.2) is 35.4 Å². The predicted molar refractivity (Wildman–Crippen MR) is 62.2 cm³/mol. The molecule has 3 heteroatoms. The maximum absolute atomic E-state index is 9.30. The predicted octanol–water partition coefficient (Wildman–Crippen LogP) is 3.26. The van der Waals surface area contributed by atoms with E-state index in [4.69, 9.17) is 16.3 Å². The van der Waals surface area contributed by atoms with Gasteiger partial charge in [-0.2, -0.15) is 0 Å². The van der Waals surface area contributed by atoms with Gasteiger partial charge in [-0.3, -0.25) is 0 Å². The monoisotopic (exact) mass is 226 g/mol. The average molecular weight is 227 g/mol. The van der Waals surface area contributed by atoms with Gasteiger partial charge in [0.2, 0.25) is 0 Å². The zero-order valence-electron chi connectivity index (χ0n) is 8.90. The molecule has 2 nitrogen and oxygen atoms in total. The van der Waals surface area contributed by atoms with E-state index in [0.29, 0.717) is 6.61 Å². The second-order valence-electron chi connectivity index (χ2n) is 3.49. The van der Waals surface area contributed by atoms with E-state index in [9.17, 15) is 5.11 Å². The third kappa shape index (κ3) is 3.94. The summed E-state index contributed by atoms with van der Waals surface area (Å²) < 4.78 is 5.46. The second-order valence-corrected chi connectivity index (χ2v) is 3.71. The highest BCUT2D eigenvalue weighted by atomic mass is 35.5. The van der Waals surface area contributed by atoms with E-state index in [1.165, 1.54) is 5.54 Å².